The fourth-order valence-electron chi connectivity index (χ4n) is 3.21. The molecule has 1 aromatic carbocycles. The average Bonchev–Trinajstić information content (AvgIpc) is 2.88. The minimum Gasteiger partial charge on any atom is -0.438 e. The predicted octanol–water partition coefficient (Wildman–Crippen LogP) is 2.87. The standard InChI is InChI=1S/C17H21N3O5/c1-10-12(13-9-11(20(23)24)5-6-14(13)18-10)7-8-19-15(21)25-16(2,3)17(19,4)22/h5-6,9,18,22H,7-8H2,1-4H3/t17-/m0/s1. The third-order valence-electron chi connectivity index (χ3n) is 5.13. The second-order valence-electron chi connectivity index (χ2n) is 7.02. The quantitative estimate of drug-likeness (QED) is 0.653. The van der Waals surface area contributed by atoms with Crippen molar-refractivity contribution in [2.24, 2.45) is 0 Å². The number of nitro groups is 1. The Morgan fingerprint density at radius 3 is 2.60 bits per heavy atom. The summed E-state index contributed by atoms with van der Waals surface area (Å²) in [7, 11) is 0. The summed E-state index contributed by atoms with van der Waals surface area (Å²) in [5.41, 5.74) is 0.124. The van der Waals surface area contributed by atoms with Gasteiger partial charge in [0.1, 0.15) is 0 Å². The summed E-state index contributed by atoms with van der Waals surface area (Å²) in [6.45, 7) is 6.98. The molecule has 1 atom stereocenters. The van der Waals surface area contributed by atoms with Crippen LogP contribution < -0.4 is 0 Å². The Balaban J connectivity index is 1.91. The molecule has 0 bridgehead atoms. The van der Waals surface area contributed by atoms with Gasteiger partial charge in [-0.1, -0.05) is 0 Å². The van der Waals surface area contributed by atoms with E-state index in [4.69, 9.17) is 4.74 Å². The number of benzene rings is 1. The number of amides is 1. The lowest BCUT2D eigenvalue weighted by atomic mass is 9.95. The first-order valence-electron chi connectivity index (χ1n) is 8.03. The molecule has 25 heavy (non-hydrogen) atoms. The molecule has 134 valence electrons. The SMILES string of the molecule is Cc1[nH]c2ccc([N+](=O)[O-])cc2c1CCN1C(=O)OC(C)(C)[C@]1(C)O. The molecular weight excluding hydrogens is 326 g/mol. The number of hydrogen-bond donors (Lipinski definition) is 2. The number of rotatable bonds is 4. The van der Waals surface area contributed by atoms with Gasteiger partial charge in [0.05, 0.1) is 4.92 Å². The van der Waals surface area contributed by atoms with Crippen LogP contribution in [0.4, 0.5) is 10.5 Å². The van der Waals surface area contributed by atoms with Crippen molar-refractivity contribution in [2.75, 3.05) is 6.54 Å². The third kappa shape index (κ3) is 2.62. The topological polar surface area (TPSA) is 109 Å². The van der Waals surface area contributed by atoms with Crippen molar-refractivity contribution >= 4 is 22.7 Å². The van der Waals surface area contributed by atoms with Gasteiger partial charge in [0.15, 0.2) is 11.3 Å². The summed E-state index contributed by atoms with van der Waals surface area (Å²) < 4.78 is 5.25. The molecule has 1 aliphatic heterocycles. The van der Waals surface area contributed by atoms with E-state index in [2.05, 4.69) is 4.98 Å². The maximum atomic E-state index is 12.1. The number of ether oxygens (including phenoxy) is 1. The summed E-state index contributed by atoms with van der Waals surface area (Å²) in [6.07, 6.45) is -0.132. The predicted molar refractivity (Wildman–Crippen MR) is 91.3 cm³/mol. The zero-order valence-electron chi connectivity index (χ0n) is 14.6. The van der Waals surface area contributed by atoms with E-state index in [0.717, 1.165) is 22.2 Å². The molecular formula is C17H21N3O5. The molecule has 0 saturated carbocycles. The fourth-order valence-corrected chi connectivity index (χ4v) is 3.21. The molecule has 0 spiro atoms. The molecule has 1 aliphatic rings. The molecule has 2 N–H and O–H groups in total. The van der Waals surface area contributed by atoms with Gasteiger partial charge < -0.3 is 14.8 Å². The van der Waals surface area contributed by atoms with Crippen LogP contribution in [0.15, 0.2) is 18.2 Å². The van der Waals surface area contributed by atoms with Gasteiger partial charge in [0.25, 0.3) is 5.69 Å². The van der Waals surface area contributed by atoms with Gasteiger partial charge in [-0.05, 0) is 45.7 Å². The maximum absolute atomic E-state index is 12.1. The van der Waals surface area contributed by atoms with Crippen LogP contribution in [-0.4, -0.2) is 43.9 Å². The Morgan fingerprint density at radius 1 is 1.36 bits per heavy atom. The smallest absolute Gasteiger partial charge is 0.412 e. The number of aromatic amines is 1. The van der Waals surface area contributed by atoms with Gasteiger partial charge in [0, 0.05) is 35.3 Å². The van der Waals surface area contributed by atoms with Crippen molar-refractivity contribution in [3.63, 3.8) is 0 Å². The number of hydrogen-bond acceptors (Lipinski definition) is 5. The van der Waals surface area contributed by atoms with Gasteiger partial charge in [-0.15, -0.1) is 0 Å². The van der Waals surface area contributed by atoms with E-state index in [-0.39, 0.29) is 12.2 Å². The average molecular weight is 347 g/mol. The van der Waals surface area contributed by atoms with Crippen molar-refractivity contribution in [2.45, 2.75) is 45.4 Å². The highest BCUT2D eigenvalue weighted by molar-refractivity contribution is 5.86. The monoisotopic (exact) mass is 347 g/mol. The Bertz CT molecular complexity index is 869. The summed E-state index contributed by atoms with van der Waals surface area (Å²) in [6, 6.07) is 4.65. The highest BCUT2D eigenvalue weighted by atomic mass is 16.6. The highest BCUT2D eigenvalue weighted by Crippen LogP contribution is 2.37. The number of aromatic nitrogens is 1. The van der Waals surface area contributed by atoms with Gasteiger partial charge in [-0.3, -0.25) is 15.0 Å². The molecule has 1 saturated heterocycles. The van der Waals surface area contributed by atoms with Crippen LogP contribution in [0.3, 0.4) is 0 Å². The molecule has 2 heterocycles. The Labute approximate surface area is 144 Å². The van der Waals surface area contributed by atoms with E-state index in [0.29, 0.717) is 6.42 Å². The lowest BCUT2D eigenvalue weighted by Crippen LogP contribution is -2.54. The normalized spacial score (nSPS) is 22.4. The molecule has 1 fully saturated rings. The summed E-state index contributed by atoms with van der Waals surface area (Å²) >= 11 is 0. The zero-order valence-corrected chi connectivity index (χ0v) is 14.6. The molecule has 2 aromatic rings. The maximum Gasteiger partial charge on any atom is 0.412 e. The van der Waals surface area contributed by atoms with Gasteiger partial charge in [-0.2, -0.15) is 0 Å². The van der Waals surface area contributed by atoms with Crippen molar-refractivity contribution in [3.05, 3.63) is 39.6 Å². The van der Waals surface area contributed by atoms with Crippen LogP contribution in [-0.2, 0) is 11.2 Å². The number of carbonyl (C=O) groups excluding carboxylic acids is 1. The van der Waals surface area contributed by atoms with Gasteiger partial charge in [0.2, 0.25) is 0 Å². The van der Waals surface area contributed by atoms with Crippen molar-refractivity contribution in [1.82, 2.24) is 9.88 Å². The van der Waals surface area contributed by atoms with Crippen LogP contribution >= 0.6 is 0 Å². The Hall–Kier alpha value is -2.61. The van der Waals surface area contributed by atoms with Crippen molar-refractivity contribution in [3.8, 4) is 0 Å². The number of aryl methyl sites for hydroxylation is 1. The molecule has 8 nitrogen and oxygen atoms in total. The number of H-pyrrole nitrogens is 1. The largest absolute Gasteiger partial charge is 0.438 e. The molecule has 1 aromatic heterocycles. The minimum absolute atomic E-state index is 0.0152. The number of nitrogens with zero attached hydrogens (tertiary/aromatic N) is 2. The molecule has 1 amide bonds. The van der Waals surface area contributed by atoms with E-state index < -0.39 is 22.3 Å². The molecule has 0 aliphatic carbocycles. The van der Waals surface area contributed by atoms with Crippen LogP contribution in [0.5, 0.6) is 0 Å². The summed E-state index contributed by atoms with van der Waals surface area (Å²) in [5.74, 6) is 0. The van der Waals surface area contributed by atoms with Gasteiger partial charge in [-0.25, -0.2) is 4.79 Å². The number of nitro benzene ring substituents is 1. The van der Waals surface area contributed by atoms with Crippen LogP contribution in [0.25, 0.3) is 10.9 Å². The Morgan fingerprint density at radius 2 is 2.04 bits per heavy atom. The minimum atomic E-state index is -1.43. The summed E-state index contributed by atoms with van der Waals surface area (Å²) in [5, 5.41) is 22.4. The van der Waals surface area contributed by atoms with Crippen LogP contribution in [0.1, 0.15) is 32.0 Å². The molecule has 0 radical (unpaired) electrons. The van der Waals surface area contributed by atoms with Crippen LogP contribution in [0, 0.1) is 17.0 Å². The first-order chi connectivity index (χ1) is 11.5. The van der Waals surface area contributed by atoms with E-state index in [9.17, 15) is 20.0 Å². The highest BCUT2D eigenvalue weighted by Gasteiger charge is 2.56. The van der Waals surface area contributed by atoms with E-state index >= 15 is 0 Å². The van der Waals surface area contributed by atoms with E-state index in [1.165, 1.54) is 17.0 Å². The number of fused-ring (bicyclic) bond motifs is 1. The van der Waals surface area contributed by atoms with Crippen molar-refractivity contribution < 1.29 is 19.6 Å². The zero-order chi connectivity index (χ0) is 18.6. The first-order valence-corrected chi connectivity index (χ1v) is 8.03. The lowest BCUT2D eigenvalue weighted by Gasteiger charge is -2.34. The number of carbonyl (C=O) groups is 1. The van der Waals surface area contributed by atoms with Crippen molar-refractivity contribution in [1.29, 1.82) is 0 Å². The summed E-state index contributed by atoms with van der Waals surface area (Å²) in [4.78, 5) is 27.2. The van der Waals surface area contributed by atoms with Crippen LogP contribution in [0.2, 0.25) is 0 Å². The number of aliphatic hydroxyl groups is 1. The third-order valence-corrected chi connectivity index (χ3v) is 5.13. The molecule has 3 rings (SSSR count). The van der Waals surface area contributed by atoms with E-state index in [1.54, 1.807) is 26.8 Å². The molecule has 8 heteroatoms. The number of cyclic esters (lactones) is 1. The second kappa shape index (κ2) is 5.45. The number of non-ortho nitro benzene ring substituents is 1. The second-order valence-corrected chi connectivity index (χ2v) is 7.02. The van der Waals surface area contributed by atoms with E-state index in [1.807, 2.05) is 6.92 Å². The number of nitrogens with one attached hydrogen (secondary N) is 1. The lowest BCUT2D eigenvalue weighted by molar-refractivity contribution is -0.384. The Kier molecular flexibility index (Phi) is 3.75. The molecule has 0 unspecified atom stereocenters. The fraction of sp³-hybridized carbons (Fsp3) is 0.471. The first kappa shape index (κ1) is 17.2. The van der Waals surface area contributed by atoms with Gasteiger partial charge >= 0.3 is 6.09 Å².